The van der Waals surface area contributed by atoms with E-state index in [-0.39, 0.29) is 11.7 Å². The lowest BCUT2D eigenvalue weighted by atomic mass is 10.2. The Morgan fingerprint density at radius 2 is 2.07 bits per heavy atom. The Morgan fingerprint density at radius 1 is 1.22 bits per heavy atom. The number of nitrogens with zero attached hydrogens (tertiary/aromatic N) is 2. The van der Waals surface area contributed by atoms with Gasteiger partial charge in [-0.3, -0.25) is 4.79 Å². The zero-order valence-electron chi connectivity index (χ0n) is 15.0. The minimum atomic E-state index is -0.0427. The first-order chi connectivity index (χ1) is 13.1. The molecule has 7 heteroatoms. The van der Waals surface area contributed by atoms with Crippen LogP contribution < -0.4 is 15.5 Å². The monoisotopic (exact) mass is 386 g/mol. The van der Waals surface area contributed by atoms with E-state index < -0.39 is 0 Å². The summed E-state index contributed by atoms with van der Waals surface area (Å²) >= 11 is 6.00. The lowest BCUT2D eigenvalue weighted by Gasteiger charge is -2.18. The molecule has 0 spiro atoms. The number of aromatic hydroxyl groups is 1. The minimum absolute atomic E-state index is 0.0427. The zero-order chi connectivity index (χ0) is 18.8. The van der Waals surface area contributed by atoms with Crippen molar-refractivity contribution in [3.63, 3.8) is 0 Å². The van der Waals surface area contributed by atoms with E-state index >= 15 is 0 Å². The fraction of sp³-hybridized carbons (Fsp3) is 0.400. The molecular formula is C20H23ClN4O2. The maximum absolute atomic E-state index is 12.0. The first-order valence-electron chi connectivity index (χ1n) is 9.31. The van der Waals surface area contributed by atoms with Gasteiger partial charge in [-0.05, 0) is 49.6 Å². The Morgan fingerprint density at radius 3 is 2.81 bits per heavy atom. The van der Waals surface area contributed by atoms with E-state index in [4.69, 9.17) is 11.6 Å². The van der Waals surface area contributed by atoms with Gasteiger partial charge in [-0.1, -0.05) is 11.6 Å². The first kappa shape index (κ1) is 18.1. The highest BCUT2D eigenvalue weighted by Crippen LogP contribution is 2.23. The Bertz CT molecular complexity index is 823. The summed E-state index contributed by atoms with van der Waals surface area (Å²) in [6.07, 6.45) is 4.80. The van der Waals surface area contributed by atoms with E-state index in [1.165, 1.54) is 0 Å². The van der Waals surface area contributed by atoms with Crippen molar-refractivity contribution in [3.05, 3.63) is 52.7 Å². The summed E-state index contributed by atoms with van der Waals surface area (Å²) in [7, 11) is 0. The first-order valence-corrected chi connectivity index (χ1v) is 9.69. The molecule has 1 aromatic carbocycles. The number of amides is 1. The molecule has 1 aliphatic heterocycles. The second-order valence-electron chi connectivity index (χ2n) is 7.24. The molecule has 1 aliphatic carbocycles. The molecule has 6 nitrogen and oxygen atoms in total. The van der Waals surface area contributed by atoms with Crippen LogP contribution in [0.3, 0.4) is 0 Å². The maximum Gasteiger partial charge on any atom is 0.253 e. The Kier molecular flexibility index (Phi) is 5.18. The summed E-state index contributed by atoms with van der Waals surface area (Å²) in [5, 5.41) is 17.0. The van der Waals surface area contributed by atoms with Crippen LogP contribution in [0.25, 0.3) is 0 Å². The number of phenolic OH excluding ortho intramolecular Hbond substituents is 1. The fourth-order valence-electron chi connectivity index (χ4n) is 3.29. The molecule has 2 aliphatic rings. The lowest BCUT2D eigenvalue weighted by molar-refractivity contribution is 0.0950. The van der Waals surface area contributed by atoms with Gasteiger partial charge in [-0.15, -0.1) is 0 Å². The fourth-order valence-corrected chi connectivity index (χ4v) is 3.48. The third-order valence-electron chi connectivity index (χ3n) is 5.06. The van der Waals surface area contributed by atoms with Gasteiger partial charge in [0.25, 0.3) is 5.91 Å². The smallest absolute Gasteiger partial charge is 0.253 e. The molecule has 0 radical (unpaired) electrons. The van der Waals surface area contributed by atoms with Crippen LogP contribution in [-0.4, -0.2) is 41.2 Å². The van der Waals surface area contributed by atoms with Crippen LogP contribution in [0.2, 0.25) is 5.02 Å². The van der Waals surface area contributed by atoms with Crippen molar-refractivity contribution in [1.82, 2.24) is 15.6 Å². The van der Waals surface area contributed by atoms with Crippen molar-refractivity contribution >= 4 is 23.3 Å². The van der Waals surface area contributed by atoms with E-state index in [1.807, 2.05) is 12.1 Å². The predicted octanol–water partition coefficient (Wildman–Crippen LogP) is 2.70. The van der Waals surface area contributed by atoms with E-state index in [1.54, 1.807) is 24.4 Å². The van der Waals surface area contributed by atoms with Gasteiger partial charge in [0, 0.05) is 48.5 Å². The van der Waals surface area contributed by atoms with E-state index in [9.17, 15) is 9.90 Å². The van der Waals surface area contributed by atoms with E-state index in [0.717, 1.165) is 43.7 Å². The third kappa shape index (κ3) is 4.51. The van der Waals surface area contributed by atoms with Crippen molar-refractivity contribution in [2.75, 3.05) is 18.0 Å². The molecular weight excluding hydrogens is 364 g/mol. The molecule has 1 aromatic heterocycles. The highest BCUT2D eigenvalue weighted by Gasteiger charge is 2.25. The predicted molar refractivity (Wildman–Crippen MR) is 105 cm³/mol. The molecule has 2 aromatic rings. The number of carbonyl (C=O) groups is 1. The summed E-state index contributed by atoms with van der Waals surface area (Å²) < 4.78 is 0. The highest BCUT2D eigenvalue weighted by molar-refractivity contribution is 6.30. The number of aromatic nitrogens is 1. The minimum Gasteiger partial charge on any atom is -0.508 e. The summed E-state index contributed by atoms with van der Waals surface area (Å²) in [4.78, 5) is 18.7. The van der Waals surface area contributed by atoms with Crippen LogP contribution >= 0.6 is 11.6 Å². The lowest BCUT2D eigenvalue weighted by Crippen LogP contribution is -2.32. The molecule has 27 heavy (non-hydrogen) atoms. The van der Waals surface area contributed by atoms with Crippen LogP contribution in [0.1, 0.15) is 35.2 Å². The van der Waals surface area contributed by atoms with Gasteiger partial charge in [-0.25, -0.2) is 4.98 Å². The number of anilines is 1. The normalized spacial score (nSPS) is 19.3. The number of phenols is 1. The second kappa shape index (κ2) is 7.74. The van der Waals surface area contributed by atoms with Crippen molar-refractivity contribution in [2.45, 2.75) is 37.9 Å². The molecule has 142 valence electrons. The van der Waals surface area contributed by atoms with Gasteiger partial charge in [-0.2, -0.15) is 0 Å². The molecule has 1 saturated carbocycles. The van der Waals surface area contributed by atoms with Crippen molar-refractivity contribution in [3.8, 4) is 5.75 Å². The summed E-state index contributed by atoms with van der Waals surface area (Å²) in [6.45, 7) is 2.31. The number of hydrogen-bond acceptors (Lipinski definition) is 5. The molecule has 3 N–H and O–H groups in total. The maximum atomic E-state index is 12.0. The molecule has 2 heterocycles. The molecule has 2 fully saturated rings. The van der Waals surface area contributed by atoms with Crippen LogP contribution in [0.15, 0.2) is 36.5 Å². The van der Waals surface area contributed by atoms with Gasteiger partial charge in [0.2, 0.25) is 0 Å². The van der Waals surface area contributed by atoms with Crippen LogP contribution in [0.4, 0.5) is 5.82 Å². The van der Waals surface area contributed by atoms with Crippen molar-refractivity contribution in [1.29, 1.82) is 0 Å². The Hall–Kier alpha value is -2.31. The molecule has 4 rings (SSSR count). The van der Waals surface area contributed by atoms with Gasteiger partial charge >= 0.3 is 0 Å². The summed E-state index contributed by atoms with van der Waals surface area (Å²) in [5.41, 5.74) is 1.40. The Labute approximate surface area is 163 Å². The van der Waals surface area contributed by atoms with Crippen molar-refractivity contribution < 1.29 is 9.90 Å². The number of hydrogen-bond donors (Lipinski definition) is 3. The van der Waals surface area contributed by atoms with Gasteiger partial charge in [0.15, 0.2) is 0 Å². The standard InChI is InChI=1S/C20H23ClN4O2/c21-15-2-5-18(26)14(9-15)11-22-17-7-8-25(12-17)19-6-1-13(10-23-19)20(27)24-16-3-4-16/h1-2,5-6,9-10,16-17,22,26H,3-4,7-8,11-12H2,(H,24,27). The molecule has 1 atom stereocenters. The average Bonchev–Trinajstić information content (AvgIpc) is 3.36. The average molecular weight is 387 g/mol. The number of rotatable bonds is 6. The molecule has 1 amide bonds. The zero-order valence-corrected chi connectivity index (χ0v) is 15.7. The van der Waals surface area contributed by atoms with Crippen LogP contribution in [0.5, 0.6) is 5.75 Å². The summed E-state index contributed by atoms with van der Waals surface area (Å²) in [5.74, 6) is 1.09. The number of pyridine rings is 1. The van der Waals surface area contributed by atoms with Crippen molar-refractivity contribution in [2.24, 2.45) is 0 Å². The molecule has 1 unspecified atom stereocenters. The third-order valence-corrected chi connectivity index (χ3v) is 5.29. The number of nitrogens with one attached hydrogen (secondary N) is 2. The second-order valence-corrected chi connectivity index (χ2v) is 7.67. The SMILES string of the molecule is O=C(NC1CC1)c1ccc(N2CCC(NCc3cc(Cl)ccc3O)C2)nc1. The van der Waals surface area contributed by atoms with Gasteiger partial charge in [0.05, 0.1) is 5.56 Å². The topological polar surface area (TPSA) is 77.5 Å². The highest BCUT2D eigenvalue weighted by atomic mass is 35.5. The van der Waals surface area contributed by atoms with Crippen LogP contribution in [-0.2, 0) is 6.54 Å². The van der Waals surface area contributed by atoms with Gasteiger partial charge < -0.3 is 20.6 Å². The van der Waals surface area contributed by atoms with Crippen LogP contribution in [0, 0.1) is 0 Å². The van der Waals surface area contributed by atoms with E-state index in [2.05, 4.69) is 20.5 Å². The summed E-state index contributed by atoms with van der Waals surface area (Å²) in [6, 6.07) is 9.48. The molecule has 1 saturated heterocycles. The quantitative estimate of drug-likeness (QED) is 0.711. The number of halogens is 1. The van der Waals surface area contributed by atoms with Gasteiger partial charge in [0.1, 0.15) is 11.6 Å². The Balaban J connectivity index is 1.31. The molecule has 0 bridgehead atoms. The number of benzene rings is 1. The van der Waals surface area contributed by atoms with E-state index in [0.29, 0.717) is 29.2 Å². The largest absolute Gasteiger partial charge is 0.508 e. The number of carbonyl (C=O) groups excluding carboxylic acids is 1.